The molecular formula is C11H13F3O3. The van der Waals surface area contributed by atoms with E-state index in [2.05, 4.69) is 0 Å². The van der Waals surface area contributed by atoms with E-state index in [9.17, 15) is 23.4 Å². The maximum absolute atomic E-state index is 12.6. The van der Waals surface area contributed by atoms with E-state index < -0.39 is 30.6 Å². The minimum atomic E-state index is -4.59. The molecule has 2 atom stereocenters. The first-order valence-corrected chi connectivity index (χ1v) is 5.01. The van der Waals surface area contributed by atoms with Gasteiger partial charge in [0.1, 0.15) is 6.10 Å². The Hall–Kier alpha value is -1.11. The van der Waals surface area contributed by atoms with E-state index in [-0.39, 0.29) is 12.0 Å². The van der Waals surface area contributed by atoms with Crippen molar-refractivity contribution in [1.82, 2.24) is 0 Å². The Morgan fingerprint density at radius 1 is 1.12 bits per heavy atom. The molecule has 0 fully saturated rings. The van der Waals surface area contributed by atoms with E-state index >= 15 is 0 Å². The van der Waals surface area contributed by atoms with Crippen LogP contribution in [0.25, 0.3) is 0 Å². The number of hydrogen-bond donors (Lipinski definition) is 3. The Kier molecular flexibility index (Phi) is 4.50. The first kappa shape index (κ1) is 14.0. The van der Waals surface area contributed by atoms with Crippen molar-refractivity contribution in [1.29, 1.82) is 0 Å². The van der Waals surface area contributed by atoms with Crippen LogP contribution in [0, 0.1) is 0 Å². The fraction of sp³-hybridized carbons (Fsp3) is 0.455. The van der Waals surface area contributed by atoms with Crippen LogP contribution in [0.4, 0.5) is 13.2 Å². The molecule has 3 N–H and O–H groups in total. The fourth-order valence-electron chi connectivity index (χ4n) is 1.51. The van der Waals surface area contributed by atoms with E-state index in [1.165, 1.54) is 12.1 Å². The van der Waals surface area contributed by atoms with Gasteiger partial charge < -0.3 is 15.3 Å². The van der Waals surface area contributed by atoms with Gasteiger partial charge in [-0.05, 0) is 18.1 Å². The maximum atomic E-state index is 12.6. The highest BCUT2D eigenvalue weighted by atomic mass is 19.4. The second kappa shape index (κ2) is 5.48. The Morgan fingerprint density at radius 2 is 1.71 bits per heavy atom. The van der Waals surface area contributed by atoms with Crippen molar-refractivity contribution in [3.05, 3.63) is 35.4 Å². The summed E-state index contributed by atoms with van der Waals surface area (Å²) in [5.74, 6) is 0. The second-order valence-electron chi connectivity index (χ2n) is 3.61. The Bertz CT molecular complexity index is 365. The number of rotatable bonds is 4. The predicted octanol–water partition coefficient (Wildman–Crippen LogP) is 1.48. The molecule has 0 saturated heterocycles. The highest BCUT2D eigenvalue weighted by molar-refractivity contribution is 5.32. The largest absolute Gasteiger partial charge is 0.416 e. The third-order valence-corrected chi connectivity index (χ3v) is 2.37. The SMILES string of the molecule is OCCC(O)C(O)c1ccccc1C(F)(F)F. The number of alkyl halides is 3. The Morgan fingerprint density at radius 3 is 2.24 bits per heavy atom. The number of halogens is 3. The first-order valence-electron chi connectivity index (χ1n) is 5.01. The molecule has 0 aliphatic carbocycles. The third-order valence-electron chi connectivity index (χ3n) is 2.37. The molecular weight excluding hydrogens is 237 g/mol. The molecule has 0 spiro atoms. The van der Waals surface area contributed by atoms with Crippen LogP contribution in [0.1, 0.15) is 23.7 Å². The van der Waals surface area contributed by atoms with Crippen LogP contribution >= 0.6 is 0 Å². The van der Waals surface area contributed by atoms with Gasteiger partial charge in [0.25, 0.3) is 0 Å². The zero-order valence-corrected chi connectivity index (χ0v) is 8.85. The van der Waals surface area contributed by atoms with E-state index in [0.717, 1.165) is 12.1 Å². The van der Waals surface area contributed by atoms with Gasteiger partial charge in [-0.15, -0.1) is 0 Å². The van der Waals surface area contributed by atoms with Crippen LogP contribution in [-0.4, -0.2) is 28.0 Å². The van der Waals surface area contributed by atoms with E-state index in [1.54, 1.807) is 0 Å². The molecule has 17 heavy (non-hydrogen) atoms. The molecule has 1 rings (SSSR count). The summed E-state index contributed by atoms with van der Waals surface area (Å²) in [7, 11) is 0. The number of hydrogen-bond acceptors (Lipinski definition) is 3. The lowest BCUT2D eigenvalue weighted by molar-refractivity contribution is -0.140. The van der Waals surface area contributed by atoms with E-state index in [1.807, 2.05) is 0 Å². The zero-order valence-electron chi connectivity index (χ0n) is 8.85. The molecule has 0 aliphatic rings. The van der Waals surface area contributed by atoms with Gasteiger partial charge in [-0.2, -0.15) is 13.2 Å². The summed E-state index contributed by atoms with van der Waals surface area (Å²) in [6.45, 7) is -0.410. The number of aliphatic hydroxyl groups is 3. The van der Waals surface area contributed by atoms with Gasteiger partial charge in [-0.25, -0.2) is 0 Å². The minimum Gasteiger partial charge on any atom is -0.396 e. The lowest BCUT2D eigenvalue weighted by Gasteiger charge is -2.21. The molecule has 0 heterocycles. The standard InChI is InChI=1S/C11H13F3O3/c12-11(13,14)8-4-2-1-3-7(8)10(17)9(16)5-6-15/h1-4,9-10,15-17H,5-6H2. The smallest absolute Gasteiger partial charge is 0.396 e. The molecule has 0 amide bonds. The molecule has 2 unspecified atom stereocenters. The van der Waals surface area contributed by atoms with Gasteiger partial charge in [0.15, 0.2) is 0 Å². The van der Waals surface area contributed by atoms with Gasteiger partial charge in [0.05, 0.1) is 11.7 Å². The average molecular weight is 250 g/mol. The average Bonchev–Trinajstić information content (AvgIpc) is 2.27. The molecule has 0 bridgehead atoms. The minimum absolute atomic E-state index is 0.187. The van der Waals surface area contributed by atoms with Crippen LogP contribution in [0.5, 0.6) is 0 Å². The summed E-state index contributed by atoms with van der Waals surface area (Å²) < 4.78 is 37.8. The third kappa shape index (κ3) is 3.42. The van der Waals surface area contributed by atoms with Gasteiger partial charge in [0, 0.05) is 6.61 Å². The lowest BCUT2D eigenvalue weighted by Crippen LogP contribution is -2.22. The van der Waals surface area contributed by atoms with Crippen molar-refractivity contribution in [2.24, 2.45) is 0 Å². The van der Waals surface area contributed by atoms with E-state index in [4.69, 9.17) is 5.11 Å². The van der Waals surface area contributed by atoms with Gasteiger partial charge in [-0.3, -0.25) is 0 Å². The summed E-state index contributed by atoms with van der Waals surface area (Å²) in [6, 6.07) is 4.50. The van der Waals surface area contributed by atoms with Crippen molar-refractivity contribution < 1.29 is 28.5 Å². The van der Waals surface area contributed by atoms with E-state index in [0.29, 0.717) is 0 Å². The molecule has 0 radical (unpaired) electrons. The quantitative estimate of drug-likeness (QED) is 0.758. The van der Waals surface area contributed by atoms with Crippen molar-refractivity contribution in [2.45, 2.75) is 24.8 Å². The number of benzene rings is 1. The maximum Gasteiger partial charge on any atom is 0.416 e. The summed E-state index contributed by atoms with van der Waals surface area (Å²) in [5, 5.41) is 27.6. The molecule has 1 aromatic carbocycles. The molecule has 0 aromatic heterocycles. The normalized spacial score (nSPS) is 15.6. The summed E-state index contributed by atoms with van der Waals surface area (Å²) in [5.41, 5.74) is -1.37. The van der Waals surface area contributed by atoms with Crippen LogP contribution in [0.15, 0.2) is 24.3 Å². The van der Waals surface area contributed by atoms with Crippen LogP contribution in [0.2, 0.25) is 0 Å². The molecule has 1 aromatic rings. The summed E-state index contributed by atoms with van der Waals surface area (Å²) in [6.07, 6.45) is -7.87. The van der Waals surface area contributed by atoms with Crippen molar-refractivity contribution in [3.63, 3.8) is 0 Å². The van der Waals surface area contributed by atoms with Gasteiger partial charge in [0.2, 0.25) is 0 Å². The van der Waals surface area contributed by atoms with Gasteiger partial charge in [-0.1, -0.05) is 18.2 Å². The van der Waals surface area contributed by atoms with Gasteiger partial charge >= 0.3 is 6.18 Å². The topological polar surface area (TPSA) is 60.7 Å². The highest BCUT2D eigenvalue weighted by Crippen LogP contribution is 2.35. The molecule has 0 aliphatic heterocycles. The second-order valence-corrected chi connectivity index (χ2v) is 3.61. The van der Waals surface area contributed by atoms with Crippen LogP contribution in [0.3, 0.4) is 0 Å². The van der Waals surface area contributed by atoms with Crippen molar-refractivity contribution >= 4 is 0 Å². The molecule has 96 valence electrons. The summed E-state index contributed by atoms with van der Waals surface area (Å²) in [4.78, 5) is 0. The predicted molar refractivity (Wildman–Crippen MR) is 54.1 cm³/mol. The molecule has 3 nitrogen and oxygen atoms in total. The van der Waals surface area contributed by atoms with Crippen molar-refractivity contribution in [2.75, 3.05) is 6.61 Å². The monoisotopic (exact) mass is 250 g/mol. The fourth-order valence-corrected chi connectivity index (χ4v) is 1.51. The molecule has 0 saturated carbocycles. The first-order chi connectivity index (χ1) is 7.88. The highest BCUT2D eigenvalue weighted by Gasteiger charge is 2.35. The zero-order chi connectivity index (χ0) is 13.1. The Balaban J connectivity index is 3.05. The van der Waals surface area contributed by atoms with Crippen molar-refractivity contribution in [3.8, 4) is 0 Å². The molecule has 6 heteroatoms. The summed E-state index contributed by atoms with van der Waals surface area (Å²) >= 11 is 0. The number of aliphatic hydroxyl groups excluding tert-OH is 3. The Labute approximate surface area is 96.1 Å². The van der Waals surface area contributed by atoms with Crippen LogP contribution in [-0.2, 0) is 6.18 Å². The van der Waals surface area contributed by atoms with Crippen LogP contribution < -0.4 is 0 Å². The lowest BCUT2D eigenvalue weighted by atomic mass is 9.97.